The minimum atomic E-state index is -3.44. The maximum atomic E-state index is 12.7. The molecule has 1 aliphatic heterocycles. The standard InChI is InChI=1S/C19H24N2O3S2/c1-15-4-6-18(7-5-15)26(23,24)21-10-8-16(9-11-21)13-19(22)20-14-17-3-2-12-25-17/h2-7,12,16H,8-11,13-14H2,1H3,(H,20,22). The van der Waals surface area contributed by atoms with Gasteiger partial charge in [0.1, 0.15) is 0 Å². The fourth-order valence-electron chi connectivity index (χ4n) is 3.15. The molecule has 5 nitrogen and oxygen atoms in total. The highest BCUT2D eigenvalue weighted by Crippen LogP contribution is 2.25. The van der Waals surface area contributed by atoms with Gasteiger partial charge in [0.15, 0.2) is 0 Å². The Morgan fingerprint density at radius 1 is 1.19 bits per heavy atom. The van der Waals surface area contributed by atoms with Crippen LogP contribution in [0.3, 0.4) is 0 Å². The molecule has 3 rings (SSSR count). The van der Waals surface area contributed by atoms with E-state index in [1.807, 2.05) is 36.6 Å². The van der Waals surface area contributed by atoms with Gasteiger partial charge in [-0.2, -0.15) is 4.31 Å². The monoisotopic (exact) mass is 392 g/mol. The van der Waals surface area contributed by atoms with Crippen LogP contribution in [0.25, 0.3) is 0 Å². The Labute approximate surface area is 159 Å². The number of thiophene rings is 1. The third-order valence-corrected chi connectivity index (χ3v) is 7.54. The number of nitrogens with one attached hydrogen (secondary N) is 1. The number of nitrogens with zero attached hydrogens (tertiary/aromatic N) is 1. The van der Waals surface area contributed by atoms with Crippen molar-refractivity contribution in [1.29, 1.82) is 0 Å². The second kappa shape index (κ2) is 8.33. The average Bonchev–Trinajstić information content (AvgIpc) is 3.14. The van der Waals surface area contributed by atoms with Crippen LogP contribution in [-0.4, -0.2) is 31.7 Å². The molecule has 2 aromatic rings. The van der Waals surface area contributed by atoms with Crippen LogP contribution >= 0.6 is 11.3 Å². The van der Waals surface area contributed by atoms with E-state index >= 15 is 0 Å². The van der Waals surface area contributed by atoms with Crippen molar-refractivity contribution < 1.29 is 13.2 Å². The molecule has 1 amide bonds. The van der Waals surface area contributed by atoms with E-state index in [1.54, 1.807) is 23.5 Å². The predicted octanol–water partition coefficient (Wildman–Crippen LogP) is 3.16. The zero-order valence-corrected chi connectivity index (χ0v) is 16.5. The number of hydrogen-bond acceptors (Lipinski definition) is 4. The third kappa shape index (κ3) is 4.72. The zero-order chi connectivity index (χ0) is 18.6. The van der Waals surface area contributed by atoms with Gasteiger partial charge in [-0.3, -0.25) is 4.79 Å². The Balaban J connectivity index is 1.49. The number of amides is 1. The van der Waals surface area contributed by atoms with Crippen LogP contribution in [-0.2, 0) is 21.4 Å². The van der Waals surface area contributed by atoms with E-state index in [-0.39, 0.29) is 11.8 Å². The SMILES string of the molecule is Cc1ccc(S(=O)(=O)N2CCC(CC(=O)NCc3cccs3)CC2)cc1. The molecular weight excluding hydrogens is 368 g/mol. The molecule has 0 unspecified atom stereocenters. The summed E-state index contributed by atoms with van der Waals surface area (Å²) in [6, 6.07) is 10.9. The smallest absolute Gasteiger partial charge is 0.243 e. The number of carbonyl (C=O) groups excluding carboxylic acids is 1. The van der Waals surface area contributed by atoms with Gasteiger partial charge < -0.3 is 5.32 Å². The van der Waals surface area contributed by atoms with Crippen LogP contribution in [0.1, 0.15) is 29.7 Å². The Morgan fingerprint density at radius 3 is 2.50 bits per heavy atom. The molecule has 0 aliphatic carbocycles. The van der Waals surface area contributed by atoms with Crippen molar-refractivity contribution in [2.75, 3.05) is 13.1 Å². The highest BCUT2D eigenvalue weighted by Gasteiger charge is 2.30. The van der Waals surface area contributed by atoms with Gasteiger partial charge in [0.25, 0.3) is 0 Å². The molecule has 0 bridgehead atoms. The molecule has 0 atom stereocenters. The summed E-state index contributed by atoms with van der Waals surface area (Å²) in [7, 11) is -3.44. The zero-order valence-electron chi connectivity index (χ0n) is 14.8. The summed E-state index contributed by atoms with van der Waals surface area (Å²) in [5, 5.41) is 4.94. The van der Waals surface area contributed by atoms with Crippen molar-refractivity contribution in [2.24, 2.45) is 5.92 Å². The molecule has 1 aromatic heterocycles. The highest BCUT2D eigenvalue weighted by atomic mass is 32.2. The van der Waals surface area contributed by atoms with Gasteiger partial charge in [-0.05, 0) is 49.3 Å². The van der Waals surface area contributed by atoms with E-state index in [4.69, 9.17) is 0 Å². The topological polar surface area (TPSA) is 66.5 Å². The Kier molecular flexibility index (Phi) is 6.11. The number of sulfonamides is 1. The lowest BCUT2D eigenvalue weighted by Gasteiger charge is -2.31. The van der Waals surface area contributed by atoms with Crippen molar-refractivity contribution in [2.45, 2.75) is 37.6 Å². The molecule has 0 spiro atoms. The molecule has 1 saturated heterocycles. The summed E-state index contributed by atoms with van der Waals surface area (Å²) in [6.07, 6.45) is 1.90. The first-order valence-corrected chi connectivity index (χ1v) is 11.1. The van der Waals surface area contributed by atoms with Gasteiger partial charge in [-0.1, -0.05) is 23.8 Å². The molecule has 2 heterocycles. The van der Waals surface area contributed by atoms with Crippen LogP contribution in [0.5, 0.6) is 0 Å². The van der Waals surface area contributed by atoms with Crippen molar-refractivity contribution in [3.8, 4) is 0 Å². The molecule has 1 aliphatic rings. The summed E-state index contributed by atoms with van der Waals surface area (Å²) < 4.78 is 27.0. The highest BCUT2D eigenvalue weighted by molar-refractivity contribution is 7.89. The second-order valence-corrected chi connectivity index (χ2v) is 9.69. The van der Waals surface area contributed by atoms with E-state index in [2.05, 4.69) is 5.32 Å². The lowest BCUT2D eigenvalue weighted by molar-refractivity contribution is -0.122. The number of hydrogen-bond donors (Lipinski definition) is 1. The van der Waals surface area contributed by atoms with Crippen molar-refractivity contribution in [3.05, 3.63) is 52.2 Å². The maximum Gasteiger partial charge on any atom is 0.243 e. The molecule has 1 N–H and O–H groups in total. The first-order chi connectivity index (χ1) is 12.4. The first-order valence-electron chi connectivity index (χ1n) is 8.81. The van der Waals surface area contributed by atoms with Gasteiger partial charge in [0.05, 0.1) is 11.4 Å². The second-order valence-electron chi connectivity index (χ2n) is 6.72. The van der Waals surface area contributed by atoms with E-state index < -0.39 is 10.0 Å². The molecule has 140 valence electrons. The van der Waals surface area contributed by atoms with Crippen molar-refractivity contribution in [3.63, 3.8) is 0 Å². The Morgan fingerprint density at radius 2 is 1.88 bits per heavy atom. The molecular formula is C19H24N2O3S2. The van der Waals surface area contributed by atoms with E-state index in [9.17, 15) is 13.2 Å². The molecule has 7 heteroatoms. The largest absolute Gasteiger partial charge is 0.351 e. The van der Waals surface area contributed by atoms with Crippen LogP contribution in [0, 0.1) is 12.8 Å². The summed E-state index contributed by atoms with van der Waals surface area (Å²) >= 11 is 1.62. The van der Waals surface area contributed by atoms with Crippen molar-refractivity contribution >= 4 is 27.3 Å². The Hall–Kier alpha value is -1.70. The van der Waals surface area contributed by atoms with E-state index in [0.717, 1.165) is 23.3 Å². The third-order valence-electron chi connectivity index (χ3n) is 4.75. The number of piperidine rings is 1. The number of benzene rings is 1. The quantitative estimate of drug-likeness (QED) is 0.821. The fraction of sp³-hybridized carbons (Fsp3) is 0.421. The average molecular weight is 393 g/mol. The number of aryl methyl sites for hydroxylation is 1. The molecule has 1 aromatic carbocycles. The van der Waals surface area contributed by atoms with Crippen LogP contribution in [0.15, 0.2) is 46.7 Å². The maximum absolute atomic E-state index is 12.7. The Bertz CT molecular complexity index is 822. The van der Waals surface area contributed by atoms with Crippen LogP contribution in [0.4, 0.5) is 0 Å². The molecule has 26 heavy (non-hydrogen) atoms. The number of rotatable bonds is 6. The molecule has 0 radical (unpaired) electrons. The van der Waals surface area contributed by atoms with Gasteiger partial charge in [0.2, 0.25) is 15.9 Å². The number of carbonyl (C=O) groups is 1. The van der Waals surface area contributed by atoms with Crippen LogP contribution in [0.2, 0.25) is 0 Å². The van der Waals surface area contributed by atoms with Gasteiger partial charge >= 0.3 is 0 Å². The molecule has 0 saturated carbocycles. The van der Waals surface area contributed by atoms with Gasteiger partial charge in [0, 0.05) is 24.4 Å². The minimum Gasteiger partial charge on any atom is -0.351 e. The fourth-order valence-corrected chi connectivity index (χ4v) is 5.26. The van der Waals surface area contributed by atoms with E-state index in [0.29, 0.717) is 31.0 Å². The minimum absolute atomic E-state index is 0.0400. The predicted molar refractivity (Wildman–Crippen MR) is 103 cm³/mol. The molecule has 1 fully saturated rings. The summed E-state index contributed by atoms with van der Waals surface area (Å²) in [5.41, 5.74) is 1.04. The summed E-state index contributed by atoms with van der Waals surface area (Å²) in [4.78, 5) is 13.6. The summed E-state index contributed by atoms with van der Waals surface area (Å²) in [6.45, 7) is 3.45. The van der Waals surface area contributed by atoms with Gasteiger partial charge in [-0.25, -0.2) is 8.42 Å². The van der Waals surface area contributed by atoms with Crippen LogP contribution < -0.4 is 5.32 Å². The lowest BCUT2D eigenvalue weighted by atomic mass is 9.94. The van der Waals surface area contributed by atoms with Gasteiger partial charge in [-0.15, -0.1) is 11.3 Å². The van der Waals surface area contributed by atoms with E-state index in [1.165, 1.54) is 4.31 Å². The normalized spacial score (nSPS) is 16.5. The summed E-state index contributed by atoms with van der Waals surface area (Å²) in [5.74, 6) is 0.279. The lowest BCUT2D eigenvalue weighted by Crippen LogP contribution is -2.39. The first kappa shape index (κ1) is 19.1. The van der Waals surface area contributed by atoms with Crippen molar-refractivity contribution in [1.82, 2.24) is 9.62 Å².